The average Bonchev–Trinajstić information content (AvgIpc) is 2.48. The number of aryl methyl sites for hydroxylation is 1. The van der Waals surface area contributed by atoms with Crippen LogP contribution in [0.1, 0.15) is 24.0 Å². The Kier molecular flexibility index (Phi) is 8.55. The Morgan fingerprint density at radius 2 is 1.75 bits per heavy atom. The van der Waals surface area contributed by atoms with Gasteiger partial charge in [0.25, 0.3) is 0 Å². The molecule has 0 radical (unpaired) electrons. The Hall–Kier alpha value is -0.280. The van der Waals surface area contributed by atoms with Crippen LogP contribution in [-0.4, -0.2) is 38.7 Å². The highest BCUT2D eigenvalue weighted by Gasteiger charge is 2.31. The predicted molar refractivity (Wildman–Crippen MR) is 86.2 cm³/mol. The summed E-state index contributed by atoms with van der Waals surface area (Å²) in [5.41, 5.74) is 2.33. The summed E-state index contributed by atoms with van der Waals surface area (Å²) in [6.07, 6.45) is 1.87. The van der Waals surface area contributed by atoms with Gasteiger partial charge in [0.1, 0.15) is 0 Å². The molecule has 0 heterocycles. The van der Waals surface area contributed by atoms with Crippen LogP contribution in [0.3, 0.4) is 0 Å². The van der Waals surface area contributed by atoms with E-state index >= 15 is 0 Å². The van der Waals surface area contributed by atoms with Crippen molar-refractivity contribution in [2.45, 2.75) is 25.2 Å². The first-order valence-corrected chi connectivity index (χ1v) is 8.02. The smallest absolute Gasteiger partial charge is 0.0700 e. The molecule has 0 atom stereocenters. The van der Waals surface area contributed by atoms with Gasteiger partial charge in [-0.1, -0.05) is 24.3 Å². The first kappa shape index (κ1) is 17.8. The van der Waals surface area contributed by atoms with Crippen molar-refractivity contribution in [2.24, 2.45) is 0 Å². The third-order valence-corrected chi connectivity index (χ3v) is 4.63. The largest absolute Gasteiger partial charge is 0.382 e. The SMILES string of the molecule is COCCOCCCC(CCl)(CCl)c1ccccc1C. The first-order valence-electron chi connectivity index (χ1n) is 6.95. The van der Waals surface area contributed by atoms with Crippen LogP contribution in [-0.2, 0) is 14.9 Å². The molecule has 2 nitrogen and oxygen atoms in total. The van der Waals surface area contributed by atoms with Gasteiger partial charge in [0.05, 0.1) is 13.2 Å². The van der Waals surface area contributed by atoms with Gasteiger partial charge in [0.2, 0.25) is 0 Å². The zero-order chi connectivity index (χ0) is 14.8. The van der Waals surface area contributed by atoms with Crippen molar-refractivity contribution in [3.8, 4) is 0 Å². The molecule has 0 bridgehead atoms. The zero-order valence-corrected chi connectivity index (χ0v) is 13.8. The second kappa shape index (κ2) is 9.62. The standard InChI is InChI=1S/C16H24Cl2O2/c1-14-6-3-4-7-15(14)16(12-17,13-18)8-5-9-20-11-10-19-2/h3-4,6-7H,5,8-13H2,1-2H3. The maximum absolute atomic E-state index is 6.25. The van der Waals surface area contributed by atoms with Crippen molar-refractivity contribution in [2.75, 3.05) is 38.7 Å². The molecule has 0 aromatic heterocycles. The summed E-state index contributed by atoms with van der Waals surface area (Å²) in [5, 5.41) is 0. The van der Waals surface area contributed by atoms with Gasteiger partial charge in [-0.2, -0.15) is 0 Å². The van der Waals surface area contributed by atoms with Crippen molar-refractivity contribution in [3.63, 3.8) is 0 Å². The van der Waals surface area contributed by atoms with Crippen molar-refractivity contribution in [1.29, 1.82) is 0 Å². The number of alkyl halides is 2. The van der Waals surface area contributed by atoms with E-state index in [4.69, 9.17) is 32.7 Å². The Morgan fingerprint density at radius 1 is 1.05 bits per heavy atom. The van der Waals surface area contributed by atoms with E-state index in [0.29, 0.717) is 31.6 Å². The van der Waals surface area contributed by atoms with Gasteiger partial charge < -0.3 is 9.47 Å². The first-order chi connectivity index (χ1) is 9.70. The van der Waals surface area contributed by atoms with Crippen molar-refractivity contribution >= 4 is 23.2 Å². The Bertz CT molecular complexity index is 378. The quantitative estimate of drug-likeness (QED) is 0.476. The fourth-order valence-electron chi connectivity index (χ4n) is 2.37. The summed E-state index contributed by atoms with van der Waals surface area (Å²) in [6, 6.07) is 8.33. The van der Waals surface area contributed by atoms with Crippen molar-refractivity contribution in [1.82, 2.24) is 0 Å². The third-order valence-electron chi connectivity index (χ3n) is 3.60. The number of ether oxygens (including phenoxy) is 2. The number of benzene rings is 1. The molecule has 4 heteroatoms. The van der Waals surface area contributed by atoms with Crippen LogP contribution in [0, 0.1) is 6.92 Å². The lowest BCUT2D eigenvalue weighted by Crippen LogP contribution is -2.32. The summed E-state index contributed by atoms with van der Waals surface area (Å²) in [5.74, 6) is 1.05. The van der Waals surface area contributed by atoms with E-state index in [1.54, 1.807) is 7.11 Å². The summed E-state index contributed by atoms with van der Waals surface area (Å²) >= 11 is 12.5. The summed E-state index contributed by atoms with van der Waals surface area (Å²) in [6.45, 7) is 4.09. The van der Waals surface area contributed by atoms with E-state index in [1.807, 2.05) is 12.1 Å². The lowest BCUT2D eigenvalue weighted by atomic mass is 9.78. The van der Waals surface area contributed by atoms with Gasteiger partial charge in [-0.25, -0.2) is 0 Å². The molecular weight excluding hydrogens is 295 g/mol. The fraction of sp³-hybridized carbons (Fsp3) is 0.625. The van der Waals surface area contributed by atoms with E-state index in [0.717, 1.165) is 12.8 Å². The second-order valence-electron chi connectivity index (χ2n) is 5.07. The highest BCUT2D eigenvalue weighted by molar-refractivity contribution is 6.22. The molecule has 0 aliphatic carbocycles. The Labute approximate surface area is 132 Å². The third kappa shape index (κ3) is 4.92. The van der Waals surface area contributed by atoms with Crippen LogP contribution in [0.2, 0.25) is 0 Å². The van der Waals surface area contributed by atoms with Crippen LogP contribution in [0.4, 0.5) is 0 Å². The lowest BCUT2D eigenvalue weighted by Gasteiger charge is -2.31. The van der Waals surface area contributed by atoms with Crippen LogP contribution in [0.5, 0.6) is 0 Å². The van der Waals surface area contributed by atoms with Crippen molar-refractivity contribution in [3.05, 3.63) is 35.4 Å². The normalized spacial score (nSPS) is 11.8. The minimum absolute atomic E-state index is 0.168. The van der Waals surface area contributed by atoms with Gasteiger partial charge in [0, 0.05) is 30.9 Å². The summed E-state index contributed by atoms with van der Waals surface area (Å²) < 4.78 is 10.5. The molecule has 0 amide bonds. The zero-order valence-electron chi connectivity index (χ0n) is 12.3. The molecule has 1 aromatic carbocycles. The molecule has 114 valence electrons. The second-order valence-corrected chi connectivity index (χ2v) is 5.61. The van der Waals surface area contributed by atoms with Gasteiger partial charge in [-0.15, -0.1) is 23.2 Å². The van der Waals surface area contributed by atoms with Crippen LogP contribution in [0.15, 0.2) is 24.3 Å². The molecule has 0 unspecified atom stereocenters. The maximum atomic E-state index is 6.25. The monoisotopic (exact) mass is 318 g/mol. The van der Waals surface area contributed by atoms with Crippen LogP contribution < -0.4 is 0 Å². The highest BCUT2D eigenvalue weighted by Crippen LogP contribution is 2.34. The van der Waals surface area contributed by atoms with E-state index in [-0.39, 0.29) is 5.41 Å². The Balaban J connectivity index is 2.61. The maximum Gasteiger partial charge on any atom is 0.0700 e. The number of halogens is 2. The van der Waals surface area contributed by atoms with Gasteiger partial charge in [-0.3, -0.25) is 0 Å². The fourth-order valence-corrected chi connectivity index (χ4v) is 3.21. The van der Waals surface area contributed by atoms with E-state index in [2.05, 4.69) is 19.1 Å². The minimum atomic E-state index is -0.168. The van der Waals surface area contributed by atoms with Gasteiger partial charge in [0.15, 0.2) is 0 Å². The molecule has 1 aromatic rings. The lowest BCUT2D eigenvalue weighted by molar-refractivity contribution is 0.0670. The average molecular weight is 319 g/mol. The van der Waals surface area contributed by atoms with Gasteiger partial charge in [-0.05, 0) is 30.9 Å². The number of methoxy groups -OCH3 is 1. The molecule has 0 N–H and O–H groups in total. The number of rotatable bonds is 10. The molecule has 1 rings (SSSR count). The molecule has 0 spiro atoms. The van der Waals surface area contributed by atoms with Crippen molar-refractivity contribution < 1.29 is 9.47 Å². The topological polar surface area (TPSA) is 18.5 Å². The molecule has 0 aliphatic heterocycles. The van der Waals surface area contributed by atoms with Gasteiger partial charge >= 0.3 is 0 Å². The van der Waals surface area contributed by atoms with E-state index < -0.39 is 0 Å². The molecule has 0 saturated carbocycles. The van der Waals surface area contributed by atoms with Crippen LogP contribution >= 0.6 is 23.2 Å². The molecular formula is C16H24Cl2O2. The van der Waals surface area contributed by atoms with Crippen LogP contribution in [0.25, 0.3) is 0 Å². The van der Waals surface area contributed by atoms with E-state index in [1.165, 1.54) is 11.1 Å². The summed E-state index contributed by atoms with van der Waals surface area (Å²) in [4.78, 5) is 0. The number of hydrogen-bond acceptors (Lipinski definition) is 2. The molecule has 0 saturated heterocycles. The Morgan fingerprint density at radius 3 is 2.35 bits per heavy atom. The molecule has 0 fully saturated rings. The minimum Gasteiger partial charge on any atom is -0.382 e. The molecule has 0 aliphatic rings. The predicted octanol–water partition coefficient (Wildman–Crippen LogP) is 4.15. The molecule has 20 heavy (non-hydrogen) atoms. The number of hydrogen-bond donors (Lipinski definition) is 0. The summed E-state index contributed by atoms with van der Waals surface area (Å²) in [7, 11) is 1.67. The highest BCUT2D eigenvalue weighted by atomic mass is 35.5. The van der Waals surface area contributed by atoms with E-state index in [9.17, 15) is 0 Å².